The van der Waals surface area contributed by atoms with Crippen LogP contribution in [0.3, 0.4) is 0 Å². The molecule has 13 heteroatoms. The summed E-state index contributed by atoms with van der Waals surface area (Å²) in [4.78, 5) is 27.8. The van der Waals surface area contributed by atoms with E-state index in [2.05, 4.69) is 20.3 Å². The van der Waals surface area contributed by atoms with Gasteiger partial charge in [0.05, 0.1) is 18.4 Å². The van der Waals surface area contributed by atoms with Crippen LogP contribution in [0.2, 0.25) is 5.02 Å². The highest BCUT2D eigenvalue weighted by Crippen LogP contribution is 2.31. The van der Waals surface area contributed by atoms with Gasteiger partial charge in [-0.3, -0.25) is 9.08 Å². The summed E-state index contributed by atoms with van der Waals surface area (Å²) in [6, 6.07) is 8.18. The van der Waals surface area contributed by atoms with E-state index in [4.69, 9.17) is 20.5 Å². The largest absolute Gasteiger partial charge is 0.447 e. The molecule has 3 aromatic rings. The summed E-state index contributed by atoms with van der Waals surface area (Å²) in [5.41, 5.74) is 0.968. The van der Waals surface area contributed by atoms with E-state index in [-0.39, 0.29) is 18.5 Å². The fourth-order valence-electron chi connectivity index (χ4n) is 3.42. The molecule has 34 heavy (non-hydrogen) atoms. The van der Waals surface area contributed by atoms with E-state index in [1.165, 1.54) is 22.4 Å². The lowest BCUT2D eigenvalue weighted by Gasteiger charge is -2.25. The third-order valence-electron chi connectivity index (χ3n) is 5.05. The maximum atomic E-state index is 12.4. The molecule has 0 bridgehead atoms. The molecule has 1 aliphatic heterocycles. The van der Waals surface area contributed by atoms with Crippen molar-refractivity contribution in [2.75, 3.05) is 23.1 Å². The summed E-state index contributed by atoms with van der Waals surface area (Å²) in [6.07, 6.45) is 2.79. The molecule has 3 atom stereocenters. The minimum atomic E-state index is -3.71. The van der Waals surface area contributed by atoms with Gasteiger partial charge in [0.1, 0.15) is 23.5 Å². The molecular formula is C21H22ClN5O5S2. The van der Waals surface area contributed by atoms with Crippen LogP contribution >= 0.6 is 22.9 Å². The number of nitrogens with zero attached hydrogens (tertiary/aromatic N) is 4. The van der Waals surface area contributed by atoms with Crippen molar-refractivity contribution in [3.63, 3.8) is 0 Å². The number of amides is 1. The first-order valence-corrected chi connectivity index (χ1v) is 13.3. The highest BCUT2D eigenvalue weighted by Gasteiger charge is 2.40. The van der Waals surface area contributed by atoms with Gasteiger partial charge in [0, 0.05) is 27.9 Å². The van der Waals surface area contributed by atoms with E-state index in [0.717, 1.165) is 21.7 Å². The first-order valence-electron chi connectivity index (χ1n) is 10.3. The molecule has 180 valence electrons. The Morgan fingerprint density at radius 2 is 1.97 bits per heavy atom. The van der Waals surface area contributed by atoms with Crippen LogP contribution < -0.4 is 10.2 Å². The molecule has 0 spiro atoms. The lowest BCUT2D eigenvalue weighted by molar-refractivity contribution is 0.161. The molecule has 0 saturated carbocycles. The van der Waals surface area contributed by atoms with Crippen molar-refractivity contribution < 1.29 is 22.1 Å². The molecule has 0 aliphatic carbocycles. The zero-order chi connectivity index (χ0) is 24.5. The zero-order valence-corrected chi connectivity index (χ0v) is 20.9. The van der Waals surface area contributed by atoms with E-state index in [1.807, 2.05) is 31.2 Å². The van der Waals surface area contributed by atoms with Crippen LogP contribution in [0.25, 0.3) is 10.6 Å². The van der Waals surface area contributed by atoms with Crippen molar-refractivity contribution in [1.82, 2.24) is 15.0 Å². The van der Waals surface area contributed by atoms with E-state index < -0.39 is 28.4 Å². The van der Waals surface area contributed by atoms with Gasteiger partial charge in [-0.2, -0.15) is 13.4 Å². The Kier molecular flexibility index (Phi) is 7.03. The number of thiazole rings is 1. The first kappa shape index (κ1) is 24.3. The normalized spacial score (nSPS) is 17.9. The number of nitrogens with one attached hydrogen (secondary N) is 1. The number of cyclic esters (lactones) is 1. The van der Waals surface area contributed by atoms with Gasteiger partial charge in [0.2, 0.25) is 5.95 Å². The summed E-state index contributed by atoms with van der Waals surface area (Å²) < 4.78 is 33.2. The summed E-state index contributed by atoms with van der Waals surface area (Å²) in [5, 5.41) is 4.73. The molecule has 1 saturated heterocycles. The van der Waals surface area contributed by atoms with Crippen LogP contribution in [0.4, 0.5) is 16.6 Å². The minimum absolute atomic E-state index is 0.0208. The Balaban J connectivity index is 1.50. The number of hydrogen-bond acceptors (Lipinski definition) is 10. The summed E-state index contributed by atoms with van der Waals surface area (Å²) in [7, 11) is -3.71. The fraction of sp³-hybridized carbons (Fsp3) is 0.333. The van der Waals surface area contributed by atoms with E-state index in [9.17, 15) is 13.2 Å². The molecule has 1 amide bonds. The number of carbonyl (C=O) groups is 1. The molecule has 4 rings (SSSR count). The van der Waals surface area contributed by atoms with Gasteiger partial charge in [0.15, 0.2) is 0 Å². The smallest absolute Gasteiger partial charge is 0.416 e. The lowest BCUT2D eigenvalue weighted by Crippen LogP contribution is -2.43. The highest BCUT2D eigenvalue weighted by atomic mass is 35.5. The maximum absolute atomic E-state index is 12.4. The Hall–Kier alpha value is -2.80. The number of anilines is 2. The molecular weight excluding hydrogens is 502 g/mol. The number of halogens is 1. The maximum Gasteiger partial charge on any atom is 0.416 e. The van der Waals surface area contributed by atoms with E-state index >= 15 is 0 Å². The summed E-state index contributed by atoms with van der Waals surface area (Å²) in [5.74, 6) is 0.564. The van der Waals surface area contributed by atoms with Gasteiger partial charge in [0.25, 0.3) is 10.1 Å². The topological polar surface area (TPSA) is 124 Å². The van der Waals surface area contributed by atoms with Crippen LogP contribution in [0, 0.1) is 0 Å². The van der Waals surface area contributed by atoms with Gasteiger partial charge in [-0.05, 0) is 32.0 Å². The predicted molar refractivity (Wildman–Crippen MR) is 130 cm³/mol. The number of carbonyl (C=O) groups excluding carboxylic acids is 1. The van der Waals surface area contributed by atoms with Crippen molar-refractivity contribution >= 4 is 50.9 Å². The second-order valence-corrected chi connectivity index (χ2v) is 10.8. The standard InChI is InChI=1S/C21H22ClN5O5S2/c1-12(17-10-24-19(33-17)14-4-6-15(22)7-5-14)25-20-23-9-8-18(26-20)27-16(11-31-21(27)28)13(2)32-34(3,29)30/h4-10,12-13,16H,11H2,1-3H3,(H,23,25,26)/t12-,13?,16?/m0/s1. The van der Waals surface area contributed by atoms with Crippen molar-refractivity contribution in [3.8, 4) is 10.6 Å². The number of aromatic nitrogens is 3. The van der Waals surface area contributed by atoms with Crippen molar-refractivity contribution in [2.24, 2.45) is 0 Å². The molecule has 2 aromatic heterocycles. The quantitative estimate of drug-likeness (QED) is 0.434. The Morgan fingerprint density at radius 1 is 1.24 bits per heavy atom. The van der Waals surface area contributed by atoms with Crippen LogP contribution in [-0.2, 0) is 19.0 Å². The predicted octanol–water partition coefficient (Wildman–Crippen LogP) is 4.12. The van der Waals surface area contributed by atoms with E-state index in [0.29, 0.717) is 11.0 Å². The van der Waals surface area contributed by atoms with Crippen molar-refractivity contribution in [3.05, 3.63) is 52.6 Å². The molecule has 1 fully saturated rings. The number of ether oxygens (including phenoxy) is 1. The summed E-state index contributed by atoms with van der Waals surface area (Å²) in [6.45, 7) is 3.49. The number of rotatable bonds is 8. The number of hydrogen-bond donors (Lipinski definition) is 1. The van der Waals surface area contributed by atoms with Gasteiger partial charge < -0.3 is 10.1 Å². The third kappa shape index (κ3) is 5.63. The Bertz CT molecular complexity index is 1280. The van der Waals surface area contributed by atoms with Crippen molar-refractivity contribution in [1.29, 1.82) is 0 Å². The lowest BCUT2D eigenvalue weighted by atomic mass is 10.2. The molecule has 1 N–H and O–H groups in total. The monoisotopic (exact) mass is 523 g/mol. The molecule has 0 radical (unpaired) electrons. The van der Waals surface area contributed by atoms with Gasteiger partial charge >= 0.3 is 6.09 Å². The second-order valence-electron chi connectivity index (χ2n) is 7.70. The van der Waals surface area contributed by atoms with Crippen LogP contribution in [0.5, 0.6) is 0 Å². The SMILES string of the molecule is CC(OS(C)(=O)=O)C1COC(=O)N1c1ccnc(N[C@@H](C)c2cnc(-c3ccc(Cl)cc3)s2)n1. The molecule has 1 aromatic carbocycles. The zero-order valence-electron chi connectivity index (χ0n) is 18.5. The van der Waals surface area contributed by atoms with Crippen LogP contribution in [-0.4, -0.2) is 54.5 Å². The van der Waals surface area contributed by atoms with Gasteiger partial charge in [-0.25, -0.2) is 14.8 Å². The molecule has 2 unspecified atom stereocenters. The molecule has 3 heterocycles. The van der Waals surface area contributed by atoms with Crippen molar-refractivity contribution in [2.45, 2.75) is 32.0 Å². The molecule has 1 aliphatic rings. The van der Waals surface area contributed by atoms with E-state index in [1.54, 1.807) is 19.2 Å². The highest BCUT2D eigenvalue weighted by molar-refractivity contribution is 7.86. The third-order valence-corrected chi connectivity index (χ3v) is 7.18. The minimum Gasteiger partial charge on any atom is -0.447 e. The second kappa shape index (κ2) is 9.82. The first-order chi connectivity index (χ1) is 16.1. The number of benzene rings is 1. The van der Waals surface area contributed by atoms with Gasteiger partial charge in [-0.1, -0.05) is 23.7 Å². The molecule has 10 nitrogen and oxygen atoms in total. The Morgan fingerprint density at radius 3 is 2.68 bits per heavy atom. The average Bonchev–Trinajstić information content (AvgIpc) is 3.40. The van der Waals surface area contributed by atoms with Crippen LogP contribution in [0.1, 0.15) is 24.8 Å². The average molecular weight is 524 g/mol. The summed E-state index contributed by atoms with van der Waals surface area (Å²) >= 11 is 7.49. The van der Waals surface area contributed by atoms with Crippen LogP contribution in [0.15, 0.2) is 42.7 Å². The fourth-order valence-corrected chi connectivity index (χ4v) is 5.14. The Labute approximate surface area is 206 Å². The van der Waals surface area contributed by atoms with Gasteiger partial charge in [-0.15, -0.1) is 11.3 Å².